The van der Waals surface area contributed by atoms with Gasteiger partial charge in [-0.1, -0.05) is 24.3 Å². The van der Waals surface area contributed by atoms with Crippen molar-refractivity contribution in [1.82, 2.24) is 16.0 Å². The second-order valence-electron chi connectivity index (χ2n) is 6.32. The predicted octanol–water partition coefficient (Wildman–Crippen LogP) is 2.67. The minimum absolute atomic E-state index is 0.0803. The highest BCUT2D eigenvalue weighted by Gasteiger charge is 2.06. The average Bonchev–Trinajstić information content (AvgIpc) is 2.72. The molecule has 0 heterocycles. The lowest BCUT2D eigenvalue weighted by atomic mass is 10.2. The summed E-state index contributed by atoms with van der Waals surface area (Å²) in [5.74, 6) is 1.45. The number of phenolic OH excluding ortho intramolecular Hbond substituents is 1. The molecular formula is C22H30N4O3. The Morgan fingerprint density at radius 3 is 2.59 bits per heavy atom. The smallest absolute Gasteiger partial charge is 0.251 e. The number of nitrogens with zero attached hydrogens (tertiary/aromatic N) is 1. The van der Waals surface area contributed by atoms with E-state index in [-0.39, 0.29) is 11.7 Å². The van der Waals surface area contributed by atoms with Crippen LogP contribution in [0.2, 0.25) is 0 Å². The Kier molecular flexibility index (Phi) is 9.35. The zero-order valence-corrected chi connectivity index (χ0v) is 17.1. The summed E-state index contributed by atoms with van der Waals surface area (Å²) in [6.07, 6.45) is 0.741. The quantitative estimate of drug-likeness (QED) is 0.280. The lowest BCUT2D eigenvalue weighted by Crippen LogP contribution is -2.38. The molecule has 0 bridgehead atoms. The number of rotatable bonds is 10. The average molecular weight is 399 g/mol. The molecule has 0 aliphatic carbocycles. The molecule has 0 radical (unpaired) electrons. The molecule has 29 heavy (non-hydrogen) atoms. The largest absolute Gasteiger partial charge is 0.508 e. The second kappa shape index (κ2) is 12.3. The first-order valence-corrected chi connectivity index (χ1v) is 9.94. The molecule has 156 valence electrons. The van der Waals surface area contributed by atoms with Gasteiger partial charge in [-0.3, -0.25) is 4.79 Å². The Hall–Kier alpha value is -3.22. The summed E-state index contributed by atoms with van der Waals surface area (Å²) in [6.45, 7) is 7.05. The highest BCUT2D eigenvalue weighted by Crippen LogP contribution is 2.18. The number of hydrogen-bond acceptors (Lipinski definition) is 4. The fourth-order valence-electron chi connectivity index (χ4n) is 2.68. The van der Waals surface area contributed by atoms with Crippen molar-refractivity contribution < 1.29 is 14.6 Å². The number of aliphatic imine (C=N–C) groups is 1. The molecule has 2 rings (SSSR count). The van der Waals surface area contributed by atoms with Crippen LogP contribution in [-0.4, -0.2) is 43.2 Å². The van der Waals surface area contributed by atoms with Gasteiger partial charge in [-0.05, 0) is 44.5 Å². The predicted molar refractivity (Wildman–Crippen MR) is 115 cm³/mol. The van der Waals surface area contributed by atoms with Gasteiger partial charge in [0.25, 0.3) is 5.91 Å². The van der Waals surface area contributed by atoms with Gasteiger partial charge in [0.2, 0.25) is 0 Å². The van der Waals surface area contributed by atoms with Crippen molar-refractivity contribution in [2.24, 2.45) is 4.99 Å². The lowest BCUT2D eigenvalue weighted by Gasteiger charge is -2.13. The highest BCUT2D eigenvalue weighted by atomic mass is 16.5. The number of amides is 1. The fourth-order valence-corrected chi connectivity index (χ4v) is 2.68. The van der Waals surface area contributed by atoms with Gasteiger partial charge >= 0.3 is 0 Å². The van der Waals surface area contributed by atoms with E-state index in [0.717, 1.165) is 30.2 Å². The molecule has 0 aliphatic rings. The minimum Gasteiger partial charge on any atom is -0.508 e. The summed E-state index contributed by atoms with van der Waals surface area (Å²) in [6, 6.07) is 14.2. The van der Waals surface area contributed by atoms with E-state index in [9.17, 15) is 9.90 Å². The number of hydrogen-bond donors (Lipinski definition) is 4. The van der Waals surface area contributed by atoms with Gasteiger partial charge in [-0.25, -0.2) is 4.99 Å². The van der Waals surface area contributed by atoms with Crippen molar-refractivity contribution in [1.29, 1.82) is 0 Å². The second-order valence-corrected chi connectivity index (χ2v) is 6.32. The number of carbonyl (C=O) groups excluding carboxylic acids is 1. The Morgan fingerprint density at radius 1 is 1.03 bits per heavy atom. The van der Waals surface area contributed by atoms with Gasteiger partial charge in [0.1, 0.15) is 11.5 Å². The molecule has 1 amide bonds. The van der Waals surface area contributed by atoms with Crippen LogP contribution in [0.15, 0.2) is 53.5 Å². The highest BCUT2D eigenvalue weighted by molar-refractivity contribution is 5.94. The Labute approximate surface area is 172 Å². The first-order chi connectivity index (χ1) is 14.1. The van der Waals surface area contributed by atoms with Gasteiger partial charge in [-0.15, -0.1) is 0 Å². The molecule has 0 saturated carbocycles. The number of carbonyl (C=O) groups is 1. The maximum absolute atomic E-state index is 12.1. The van der Waals surface area contributed by atoms with Crippen LogP contribution in [0.25, 0.3) is 0 Å². The third-order valence-corrected chi connectivity index (χ3v) is 4.06. The number of phenols is 1. The van der Waals surface area contributed by atoms with Crippen LogP contribution in [-0.2, 0) is 6.54 Å². The molecular weight excluding hydrogens is 368 g/mol. The molecule has 0 saturated heterocycles. The molecule has 4 N–H and O–H groups in total. The molecule has 2 aromatic carbocycles. The third-order valence-electron chi connectivity index (χ3n) is 4.06. The van der Waals surface area contributed by atoms with Crippen LogP contribution in [0, 0.1) is 0 Å². The molecule has 0 atom stereocenters. The number of nitrogens with one attached hydrogen (secondary N) is 3. The summed E-state index contributed by atoms with van der Waals surface area (Å²) in [4.78, 5) is 16.7. The van der Waals surface area contributed by atoms with Crippen LogP contribution >= 0.6 is 0 Å². The molecule has 0 fully saturated rings. The Bertz CT molecular complexity index is 808. The van der Waals surface area contributed by atoms with Gasteiger partial charge in [-0.2, -0.15) is 0 Å². The molecule has 7 heteroatoms. The third kappa shape index (κ3) is 7.73. The minimum atomic E-state index is -0.200. The summed E-state index contributed by atoms with van der Waals surface area (Å²) in [7, 11) is 0. The number of aromatic hydroxyl groups is 1. The topological polar surface area (TPSA) is 95.0 Å². The summed E-state index contributed by atoms with van der Waals surface area (Å²) in [5, 5.41) is 18.8. The van der Waals surface area contributed by atoms with Gasteiger partial charge in [0.15, 0.2) is 5.96 Å². The van der Waals surface area contributed by atoms with Gasteiger partial charge in [0, 0.05) is 30.8 Å². The van der Waals surface area contributed by atoms with Crippen molar-refractivity contribution in [3.05, 3.63) is 59.7 Å². The van der Waals surface area contributed by atoms with Crippen LogP contribution in [0.5, 0.6) is 11.5 Å². The van der Waals surface area contributed by atoms with Crippen molar-refractivity contribution in [2.75, 3.05) is 26.2 Å². The van der Waals surface area contributed by atoms with E-state index in [1.165, 1.54) is 12.1 Å². The van der Waals surface area contributed by atoms with Crippen LogP contribution < -0.4 is 20.7 Å². The van der Waals surface area contributed by atoms with Crippen molar-refractivity contribution in [3.63, 3.8) is 0 Å². The first-order valence-electron chi connectivity index (χ1n) is 9.94. The van der Waals surface area contributed by atoms with E-state index in [1.54, 1.807) is 12.1 Å². The van der Waals surface area contributed by atoms with E-state index >= 15 is 0 Å². The molecule has 0 spiro atoms. The van der Waals surface area contributed by atoms with E-state index < -0.39 is 0 Å². The van der Waals surface area contributed by atoms with Gasteiger partial charge < -0.3 is 25.8 Å². The first kappa shape index (κ1) is 22.1. The summed E-state index contributed by atoms with van der Waals surface area (Å²) < 4.78 is 5.64. The molecule has 7 nitrogen and oxygen atoms in total. The van der Waals surface area contributed by atoms with Crippen LogP contribution in [0.4, 0.5) is 0 Å². The Morgan fingerprint density at radius 2 is 1.83 bits per heavy atom. The van der Waals surface area contributed by atoms with Gasteiger partial charge in [0.05, 0.1) is 13.2 Å². The van der Waals surface area contributed by atoms with E-state index in [1.807, 2.05) is 38.1 Å². The summed E-state index contributed by atoms with van der Waals surface area (Å²) >= 11 is 0. The SMILES string of the molecule is CCNC(=NCc1ccccc1OCC)NCCCNC(=O)c1cccc(O)c1. The molecule has 0 aliphatic heterocycles. The maximum Gasteiger partial charge on any atom is 0.251 e. The number of benzene rings is 2. The number of para-hydroxylation sites is 1. The molecule has 2 aromatic rings. The van der Waals surface area contributed by atoms with Crippen molar-refractivity contribution >= 4 is 11.9 Å². The monoisotopic (exact) mass is 398 g/mol. The fraction of sp³-hybridized carbons (Fsp3) is 0.364. The van der Waals surface area contributed by atoms with Crippen LogP contribution in [0.1, 0.15) is 36.2 Å². The normalized spacial score (nSPS) is 11.0. The van der Waals surface area contributed by atoms with Crippen LogP contribution in [0.3, 0.4) is 0 Å². The summed E-state index contributed by atoms with van der Waals surface area (Å²) in [5.41, 5.74) is 1.48. The maximum atomic E-state index is 12.1. The molecule has 0 unspecified atom stereocenters. The van der Waals surface area contributed by atoms with E-state index in [2.05, 4.69) is 20.9 Å². The number of ether oxygens (including phenoxy) is 1. The zero-order valence-electron chi connectivity index (χ0n) is 17.1. The lowest BCUT2D eigenvalue weighted by molar-refractivity contribution is 0.0953. The zero-order chi connectivity index (χ0) is 20.9. The van der Waals surface area contributed by atoms with Crippen molar-refractivity contribution in [3.8, 4) is 11.5 Å². The van der Waals surface area contributed by atoms with E-state index in [0.29, 0.717) is 31.8 Å². The standard InChI is InChI=1S/C22H30N4O3/c1-3-23-22(26-16-18-9-5-6-12-20(18)29-4-2)25-14-8-13-24-21(28)17-10-7-11-19(27)15-17/h5-7,9-12,15,27H,3-4,8,13-14,16H2,1-2H3,(H,24,28)(H2,23,25,26). The number of guanidine groups is 1. The Balaban J connectivity index is 1.79. The molecule has 0 aromatic heterocycles. The van der Waals surface area contributed by atoms with E-state index in [4.69, 9.17) is 4.74 Å². The van der Waals surface area contributed by atoms with Crippen molar-refractivity contribution in [2.45, 2.75) is 26.8 Å².